The van der Waals surface area contributed by atoms with E-state index in [4.69, 9.17) is 4.74 Å². The smallest absolute Gasteiger partial charge is 0.413 e. The van der Waals surface area contributed by atoms with Crippen molar-refractivity contribution in [2.75, 3.05) is 5.32 Å². The number of carbonyl (C=O) groups is 1. The van der Waals surface area contributed by atoms with Gasteiger partial charge in [-0.15, -0.1) is 0 Å². The first-order valence-electron chi connectivity index (χ1n) is 6.83. The molecule has 2 heterocycles. The monoisotopic (exact) mass is 367 g/mol. The Labute approximate surface area is 137 Å². The summed E-state index contributed by atoms with van der Waals surface area (Å²) in [6, 6.07) is 1.68. The molecule has 22 heavy (non-hydrogen) atoms. The second-order valence-corrected chi connectivity index (χ2v) is 6.34. The molecule has 0 aliphatic rings. The summed E-state index contributed by atoms with van der Waals surface area (Å²) in [6.07, 6.45) is 2.56. The minimum absolute atomic E-state index is 0.370. The van der Waals surface area contributed by atoms with Crippen LogP contribution >= 0.6 is 15.9 Å². The van der Waals surface area contributed by atoms with Crippen molar-refractivity contribution in [2.24, 2.45) is 0 Å². The van der Waals surface area contributed by atoms with Crippen molar-refractivity contribution in [1.82, 2.24) is 19.5 Å². The maximum atomic E-state index is 11.8. The van der Waals surface area contributed by atoms with Crippen molar-refractivity contribution in [1.29, 1.82) is 0 Å². The van der Waals surface area contributed by atoms with Crippen LogP contribution in [0.15, 0.2) is 23.3 Å². The number of nitrogens with zero attached hydrogens (tertiary/aromatic N) is 4. The average Bonchev–Trinajstić information content (AvgIpc) is 2.77. The topological polar surface area (TPSA) is 81.9 Å². The quantitative estimate of drug-likeness (QED) is 0.897. The molecule has 0 spiro atoms. The van der Waals surface area contributed by atoms with Crippen molar-refractivity contribution in [3.8, 4) is 11.4 Å². The number of anilines is 1. The Bertz CT molecular complexity index is 678. The highest BCUT2D eigenvalue weighted by molar-refractivity contribution is 9.10. The van der Waals surface area contributed by atoms with E-state index in [-0.39, 0.29) is 0 Å². The number of ether oxygens (including phenoxy) is 1. The van der Waals surface area contributed by atoms with Gasteiger partial charge < -0.3 is 9.30 Å². The van der Waals surface area contributed by atoms with Gasteiger partial charge in [0, 0.05) is 12.6 Å². The summed E-state index contributed by atoms with van der Waals surface area (Å²) in [5.74, 6) is 0.370. The summed E-state index contributed by atoms with van der Waals surface area (Å²) < 4.78 is 7.84. The van der Waals surface area contributed by atoms with Crippen LogP contribution in [0.5, 0.6) is 0 Å². The van der Waals surface area contributed by atoms with E-state index in [1.54, 1.807) is 33.2 Å². The molecule has 0 aromatic carbocycles. The van der Waals surface area contributed by atoms with E-state index in [1.165, 1.54) is 6.33 Å². The molecule has 0 unspecified atom stereocenters. The third kappa shape index (κ3) is 4.03. The van der Waals surface area contributed by atoms with Crippen molar-refractivity contribution in [3.63, 3.8) is 0 Å². The Hall–Kier alpha value is -1.96. The molecular formula is C14H18BrN5O2. The fourth-order valence-electron chi connectivity index (χ4n) is 1.81. The summed E-state index contributed by atoms with van der Waals surface area (Å²) >= 11 is 3.41. The SMILES string of the molecule is CCn1cnc(Br)c1-c1cc(NC(=O)OC(C)(C)C)ncn1. The highest BCUT2D eigenvalue weighted by Crippen LogP contribution is 2.26. The first kappa shape index (κ1) is 16.4. The lowest BCUT2D eigenvalue weighted by molar-refractivity contribution is 0.0635. The predicted octanol–water partition coefficient (Wildman–Crippen LogP) is 3.47. The van der Waals surface area contributed by atoms with Gasteiger partial charge in [0.2, 0.25) is 0 Å². The van der Waals surface area contributed by atoms with Gasteiger partial charge in [0.25, 0.3) is 0 Å². The average molecular weight is 368 g/mol. The molecule has 0 bridgehead atoms. The van der Waals surface area contributed by atoms with Gasteiger partial charge in [-0.2, -0.15) is 0 Å². The lowest BCUT2D eigenvalue weighted by Crippen LogP contribution is -2.27. The zero-order valence-electron chi connectivity index (χ0n) is 12.9. The number of hydrogen-bond acceptors (Lipinski definition) is 5. The standard InChI is InChI=1S/C14H18BrN5O2/c1-5-20-8-18-12(15)11(20)9-6-10(17-7-16-9)19-13(21)22-14(2,3)4/h6-8H,5H2,1-4H3,(H,16,17,19,21). The van der Waals surface area contributed by atoms with E-state index in [0.29, 0.717) is 16.1 Å². The number of carbonyl (C=O) groups excluding carboxylic acids is 1. The van der Waals surface area contributed by atoms with E-state index < -0.39 is 11.7 Å². The first-order chi connectivity index (χ1) is 10.3. The second-order valence-electron chi connectivity index (χ2n) is 5.59. The van der Waals surface area contributed by atoms with Crippen molar-refractivity contribution in [3.05, 3.63) is 23.3 Å². The minimum atomic E-state index is -0.566. The van der Waals surface area contributed by atoms with E-state index in [2.05, 4.69) is 36.2 Å². The van der Waals surface area contributed by atoms with Crippen LogP contribution in [0, 0.1) is 0 Å². The molecule has 2 aromatic rings. The Balaban J connectivity index is 2.24. The molecule has 0 saturated heterocycles. The van der Waals surface area contributed by atoms with Crippen LogP contribution in [-0.2, 0) is 11.3 Å². The normalized spacial score (nSPS) is 11.3. The maximum absolute atomic E-state index is 11.8. The molecule has 0 aliphatic carbocycles. The van der Waals surface area contributed by atoms with Crippen LogP contribution < -0.4 is 5.32 Å². The number of hydrogen-bond donors (Lipinski definition) is 1. The Morgan fingerprint density at radius 3 is 2.73 bits per heavy atom. The third-order valence-corrected chi connectivity index (χ3v) is 3.25. The van der Waals surface area contributed by atoms with Gasteiger partial charge in [-0.3, -0.25) is 5.32 Å². The minimum Gasteiger partial charge on any atom is -0.444 e. The number of aromatic nitrogens is 4. The molecular weight excluding hydrogens is 350 g/mol. The number of aryl methyl sites for hydroxylation is 1. The number of nitrogens with one attached hydrogen (secondary N) is 1. The molecule has 0 radical (unpaired) electrons. The lowest BCUT2D eigenvalue weighted by Gasteiger charge is -2.19. The van der Waals surface area contributed by atoms with Crippen LogP contribution in [0.2, 0.25) is 0 Å². The zero-order chi connectivity index (χ0) is 16.3. The summed E-state index contributed by atoms with van der Waals surface area (Å²) in [5.41, 5.74) is 0.925. The molecule has 0 atom stereocenters. The molecule has 0 saturated carbocycles. The van der Waals surface area contributed by atoms with Crippen LogP contribution in [0.25, 0.3) is 11.4 Å². The van der Waals surface area contributed by atoms with E-state index in [9.17, 15) is 4.79 Å². The van der Waals surface area contributed by atoms with Gasteiger partial charge in [-0.1, -0.05) is 0 Å². The molecule has 2 aromatic heterocycles. The summed E-state index contributed by atoms with van der Waals surface area (Å²) in [5, 5.41) is 2.60. The van der Waals surface area contributed by atoms with Gasteiger partial charge >= 0.3 is 6.09 Å². The van der Waals surface area contributed by atoms with Crippen LogP contribution in [0.1, 0.15) is 27.7 Å². The third-order valence-electron chi connectivity index (χ3n) is 2.67. The predicted molar refractivity (Wildman–Crippen MR) is 86.5 cm³/mol. The number of halogens is 1. The van der Waals surface area contributed by atoms with Crippen molar-refractivity contribution >= 4 is 27.8 Å². The van der Waals surface area contributed by atoms with Gasteiger partial charge in [-0.25, -0.2) is 19.7 Å². The lowest BCUT2D eigenvalue weighted by atomic mass is 10.2. The second kappa shape index (κ2) is 6.43. The van der Waals surface area contributed by atoms with E-state index >= 15 is 0 Å². The van der Waals surface area contributed by atoms with Gasteiger partial charge in [0.05, 0.1) is 12.0 Å². The van der Waals surface area contributed by atoms with Crippen LogP contribution in [0.4, 0.5) is 10.6 Å². The summed E-state index contributed by atoms with van der Waals surface area (Å²) in [4.78, 5) is 24.3. The molecule has 0 aliphatic heterocycles. The zero-order valence-corrected chi connectivity index (χ0v) is 14.5. The largest absolute Gasteiger partial charge is 0.444 e. The Morgan fingerprint density at radius 1 is 1.36 bits per heavy atom. The van der Waals surface area contributed by atoms with Crippen LogP contribution in [0.3, 0.4) is 0 Å². The molecule has 1 N–H and O–H groups in total. The highest BCUT2D eigenvalue weighted by atomic mass is 79.9. The maximum Gasteiger partial charge on any atom is 0.413 e. The summed E-state index contributed by atoms with van der Waals surface area (Å²) in [6.45, 7) is 8.17. The molecule has 8 heteroatoms. The molecule has 7 nitrogen and oxygen atoms in total. The molecule has 2 rings (SSSR count). The van der Waals surface area contributed by atoms with Gasteiger partial charge in [-0.05, 0) is 43.6 Å². The van der Waals surface area contributed by atoms with Gasteiger partial charge in [0.15, 0.2) is 0 Å². The fourth-order valence-corrected chi connectivity index (χ4v) is 2.34. The van der Waals surface area contributed by atoms with Crippen LogP contribution in [-0.4, -0.2) is 31.2 Å². The Morgan fingerprint density at radius 2 is 2.09 bits per heavy atom. The van der Waals surface area contributed by atoms with E-state index in [1.807, 2.05) is 11.5 Å². The highest BCUT2D eigenvalue weighted by Gasteiger charge is 2.18. The molecule has 0 fully saturated rings. The van der Waals surface area contributed by atoms with Crippen molar-refractivity contribution < 1.29 is 9.53 Å². The first-order valence-corrected chi connectivity index (χ1v) is 7.62. The van der Waals surface area contributed by atoms with E-state index in [0.717, 1.165) is 12.2 Å². The number of amides is 1. The molecule has 118 valence electrons. The number of rotatable bonds is 3. The van der Waals surface area contributed by atoms with Gasteiger partial charge in [0.1, 0.15) is 28.0 Å². The Kier molecular flexibility index (Phi) is 4.80. The van der Waals surface area contributed by atoms with Crippen molar-refractivity contribution in [2.45, 2.75) is 39.8 Å². The summed E-state index contributed by atoms with van der Waals surface area (Å²) in [7, 11) is 0. The number of imidazole rings is 1. The fraction of sp³-hybridized carbons (Fsp3) is 0.429. The molecule has 1 amide bonds.